The zero-order valence-electron chi connectivity index (χ0n) is 11.8. The highest BCUT2D eigenvalue weighted by Gasteiger charge is 2.00. The van der Waals surface area contributed by atoms with E-state index in [4.69, 9.17) is 4.74 Å². The summed E-state index contributed by atoms with van der Waals surface area (Å²) in [5.74, 6) is 0.785. The second-order valence-corrected chi connectivity index (χ2v) is 4.43. The van der Waals surface area contributed by atoms with Gasteiger partial charge in [0.2, 0.25) is 0 Å². The Hall–Kier alpha value is -2.26. The second kappa shape index (κ2) is 6.78. The number of anilines is 1. The maximum Gasteiger partial charge on any atom is 0.119 e. The van der Waals surface area contributed by atoms with Gasteiger partial charge in [0.05, 0.1) is 13.7 Å². The molecular weight excluding hydrogens is 250 g/mol. The highest BCUT2D eigenvalue weighted by atomic mass is 16.5. The Bertz CT molecular complexity index is 588. The first-order chi connectivity index (χ1) is 9.76. The predicted molar refractivity (Wildman–Crippen MR) is 83.8 cm³/mol. The number of hydrogen-bond acceptors (Lipinski definition) is 3. The molecule has 0 spiro atoms. The molecule has 104 valence electrons. The van der Waals surface area contributed by atoms with E-state index in [2.05, 4.69) is 5.32 Å². The molecule has 2 aromatic carbocycles. The lowest BCUT2D eigenvalue weighted by Crippen LogP contribution is -1.90. The van der Waals surface area contributed by atoms with Crippen molar-refractivity contribution >= 4 is 17.8 Å². The number of aliphatic hydroxyl groups excluding tert-OH is 1. The first-order valence-corrected chi connectivity index (χ1v) is 6.50. The first kappa shape index (κ1) is 14.2. The molecule has 0 bridgehead atoms. The summed E-state index contributed by atoms with van der Waals surface area (Å²) in [6, 6.07) is 13.8. The fraction of sp³-hybridized carbons (Fsp3) is 0.176. The standard InChI is InChI=1S/C17H19NO2/c1-18-16-8-4-13(5-9-16)3-6-14-11-17(20-2)10-7-15(14)12-19/h3-11,18-19H,12H2,1-2H3. The van der Waals surface area contributed by atoms with Crippen LogP contribution in [0.5, 0.6) is 5.75 Å². The van der Waals surface area contributed by atoms with Crippen molar-refractivity contribution in [2.75, 3.05) is 19.5 Å². The van der Waals surface area contributed by atoms with Gasteiger partial charge in [-0.3, -0.25) is 0 Å². The lowest BCUT2D eigenvalue weighted by atomic mass is 10.1. The van der Waals surface area contributed by atoms with Crippen molar-refractivity contribution in [3.63, 3.8) is 0 Å². The third-order valence-electron chi connectivity index (χ3n) is 3.18. The Morgan fingerprint density at radius 1 is 1.10 bits per heavy atom. The predicted octanol–water partition coefficient (Wildman–Crippen LogP) is 3.40. The molecule has 0 aromatic heterocycles. The molecule has 0 aliphatic rings. The number of aliphatic hydroxyl groups is 1. The fourth-order valence-corrected chi connectivity index (χ4v) is 1.95. The average Bonchev–Trinajstić information content (AvgIpc) is 2.53. The molecule has 0 unspecified atom stereocenters. The maximum absolute atomic E-state index is 9.36. The lowest BCUT2D eigenvalue weighted by Gasteiger charge is -2.06. The van der Waals surface area contributed by atoms with E-state index in [-0.39, 0.29) is 6.61 Å². The molecule has 2 rings (SSSR count). The van der Waals surface area contributed by atoms with Crippen LogP contribution < -0.4 is 10.1 Å². The minimum Gasteiger partial charge on any atom is -0.497 e. The highest BCUT2D eigenvalue weighted by molar-refractivity contribution is 5.72. The summed E-state index contributed by atoms with van der Waals surface area (Å²) in [6.07, 6.45) is 4.01. The number of hydrogen-bond donors (Lipinski definition) is 2. The fourth-order valence-electron chi connectivity index (χ4n) is 1.95. The largest absolute Gasteiger partial charge is 0.497 e. The van der Waals surface area contributed by atoms with Gasteiger partial charge in [0.1, 0.15) is 5.75 Å². The van der Waals surface area contributed by atoms with E-state index < -0.39 is 0 Å². The average molecular weight is 269 g/mol. The highest BCUT2D eigenvalue weighted by Crippen LogP contribution is 2.20. The molecule has 0 radical (unpaired) electrons. The van der Waals surface area contributed by atoms with E-state index in [0.29, 0.717) is 0 Å². The zero-order chi connectivity index (χ0) is 14.4. The van der Waals surface area contributed by atoms with Gasteiger partial charge in [0.25, 0.3) is 0 Å². The molecular formula is C17H19NO2. The number of rotatable bonds is 5. The van der Waals surface area contributed by atoms with Gasteiger partial charge < -0.3 is 15.2 Å². The SMILES string of the molecule is CNc1ccc(C=Cc2cc(OC)ccc2CO)cc1. The van der Waals surface area contributed by atoms with Gasteiger partial charge in [-0.2, -0.15) is 0 Å². The summed E-state index contributed by atoms with van der Waals surface area (Å²) < 4.78 is 5.21. The van der Waals surface area contributed by atoms with Gasteiger partial charge in [-0.15, -0.1) is 0 Å². The van der Waals surface area contributed by atoms with Crippen LogP contribution in [0, 0.1) is 0 Å². The number of methoxy groups -OCH3 is 1. The van der Waals surface area contributed by atoms with E-state index in [9.17, 15) is 5.11 Å². The molecule has 0 aliphatic carbocycles. The zero-order valence-corrected chi connectivity index (χ0v) is 11.8. The molecule has 2 aromatic rings. The van der Waals surface area contributed by atoms with Gasteiger partial charge in [0.15, 0.2) is 0 Å². The summed E-state index contributed by atoms with van der Waals surface area (Å²) >= 11 is 0. The van der Waals surface area contributed by atoms with Crippen LogP contribution in [-0.2, 0) is 6.61 Å². The molecule has 20 heavy (non-hydrogen) atoms. The minimum absolute atomic E-state index is 0.0162. The Morgan fingerprint density at radius 2 is 1.85 bits per heavy atom. The van der Waals surface area contributed by atoms with Crippen LogP contribution in [0.2, 0.25) is 0 Å². The quantitative estimate of drug-likeness (QED) is 0.817. The normalized spacial score (nSPS) is 10.8. The summed E-state index contributed by atoms with van der Waals surface area (Å²) in [5.41, 5.74) is 4.04. The lowest BCUT2D eigenvalue weighted by molar-refractivity contribution is 0.281. The topological polar surface area (TPSA) is 41.5 Å². The van der Waals surface area contributed by atoms with E-state index in [0.717, 1.165) is 28.1 Å². The van der Waals surface area contributed by atoms with Crippen LogP contribution in [0.4, 0.5) is 5.69 Å². The third kappa shape index (κ3) is 3.39. The van der Waals surface area contributed by atoms with Crippen molar-refractivity contribution < 1.29 is 9.84 Å². The molecule has 2 N–H and O–H groups in total. The summed E-state index contributed by atoms with van der Waals surface area (Å²) in [6.45, 7) is 0.0162. The van der Waals surface area contributed by atoms with Gasteiger partial charge >= 0.3 is 0 Å². The Labute approximate surface area is 119 Å². The second-order valence-electron chi connectivity index (χ2n) is 4.43. The molecule has 0 heterocycles. The van der Waals surface area contributed by atoms with Crippen LogP contribution in [-0.4, -0.2) is 19.3 Å². The summed E-state index contributed by atoms with van der Waals surface area (Å²) in [7, 11) is 3.53. The Balaban J connectivity index is 2.24. The number of nitrogens with one attached hydrogen (secondary N) is 1. The molecule has 0 aliphatic heterocycles. The van der Waals surface area contributed by atoms with Crippen LogP contribution in [0.15, 0.2) is 42.5 Å². The number of benzene rings is 2. The number of ether oxygens (including phenoxy) is 1. The van der Waals surface area contributed by atoms with Crippen molar-refractivity contribution in [1.29, 1.82) is 0 Å². The molecule has 0 fully saturated rings. The van der Waals surface area contributed by atoms with E-state index in [1.54, 1.807) is 7.11 Å². The molecule has 0 atom stereocenters. The minimum atomic E-state index is 0.0162. The van der Waals surface area contributed by atoms with Crippen molar-refractivity contribution in [1.82, 2.24) is 0 Å². The van der Waals surface area contributed by atoms with Crippen LogP contribution >= 0.6 is 0 Å². The smallest absolute Gasteiger partial charge is 0.119 e. The monoisotopic (exact) mass is 269 g/mol. The molecule has 0 saturated carbocycles. The van der Waals surface area contributed by atoms with Gasteiger partial charge in [-0.1, -0.05) is 30.4 Å². The van der Waals surface area contributed by atoms with Gasteiger partial charge in [-0.05, 0) is 41.0 Å². The molecule has 3 nitrogen and oxygen atoms in total. The maximum atomic E-state index is 9.36. The van der Waals surface area contributed by atoms with E-state index in [1.165, 1.54) is 0 Å². The third-order valence-corrected chi connectivity index (χ3v) is 3.18. The molecule has 0 saturated heterocycles. The van der Waals surface area contributed by atoms with E-state index >= 15 is 0 Å². The molecule has 3 heteroatoms. The van der Waals surface area contributed by atoms with Crippen molar-refractivity contribution in [2.24, 2.45) is 0 Å². The van der Waals surface area contributed by atoms with Gasteiger partial charge in [-0.25, -0.2) is 0 Å². The summed E-state index contributed by atoms with van der Waals surface area (Å²) in [4.78, 5) is 0. The molecule has 0 amide bonds. The van der Waals surface area contributed by atoms with Crippen molar-refractivity contribution in [3.8, 4) is 5.75 Å². The van der Waals surface area contributed by atoms with Crippen LogP contribution in [0.3, 0.4) is 0 Å². The summed E-state index contributed by atoms with van der Waals surface area (Å²) in [5, 5.41) is 12.5. The first-order valence-electron chi connectivity index (χ1n) is 6.50. The van der Waals surface area contributed by atoms with Crippen LogP contribution in [0.25, 0.3) is 12.2 Å². The Kier molecular flexibility index (Phi) is 4.80. The van der Waals surface area contributed by atoms with Crippen molar-refractivity contribution in [2.45, 2.75) is 6.61 Å². The van der Waals surface area contributed by atoms with Crippen molar-refractivity contribution in [3.05, 3.63) is 59.2 Å². The van der Waals surface area contributed by atoms with Crippen LogP contribution in [0.1, 0.15) is 16.7 Å². The van der Waals surface area contributed by atoms with Gasteiger partial charge in [0, 0.05) is 12.7 Å². The van der Waals surface area contributed by atoms with E-state index in [1.807, 2.05) is 61.7 Å². The Morgan fingerprint density at radius 3 is 2.45 bits per heavy atom.